The van der Waals surface area contributed by atoms with E-state index in [1.54, 1.807) is 0 Å². The van der Waals surface area contributed by atoms with E-state index in [-0.39, 0.29) is 5.97 Å². The van der Waals surface area contributed by atoms with Crippen LogP contribution < -0.4 is 0 Å². The third kappa shape index (κ3) is 2.74. The Balaban J connectivity index is 2.16. The predicted molar refractivity (Wildman–Crippen MR) is 67.9 cm³/mol. The Morgan fingerprint density at radius 1 is 1.29 bits per heavy atom. The van der Waals surface area contributed by atoms with Crippen molar-refractivity contribution in [1.29, 1.82) is 0 Å². The summed E-state index contributed by atoms with van der Waals surface area (Å²) in [5, 5.41) is 0. The number of hydrogen-bond donors (Lipinski definition) is 0. The molecule has 0 fully saturated rings. The molecule has 2 rings (SSSR count). The van der Waals surface area contributed by atoms with E-state index in [4.69, 9.17) is 0 Å². The maximum atomic E-state index is 11.3. The van der Waals surface area contributed by atoms with Gasteiger partial charge in [0, 0.05) is 13.1 Å². The number of hydrogen-bond acceptors (Lipinski definition) is 3. The molecule has 0 saturated carbocycles. The molecule has 0 N–H and O–H groups in total. The topological polar surface area (TPSA) is 29.5 Å². The first kappa shape index (κ1) is 11.9. The third-order valence-corrected chi connectivity index (χ3v) is 3.09. The second-order valence-electron chi connectivity index (χ2n) is 4.31. The number of benzene rings is 1. The molecule has 1 aliphatic rings. The summed E-state index contributed by atoms with van der Waals surface area (Å²) < 4.78 is 4.68. The number of carbonyl (C=O) groups is 1. The molecular weight excluding hydrogens is 214 g/mol. The standard InChI is InChI=1S/C14H17NO2/c1-15-9-7-12(8-10-15)11-3-5-13(6-4-11)14(16)17-2/h3-7H,8-10H2,1-2H3. The first-order valence-electron chi connectivity index (χ1n) is 5.77. The van der Waals surface area contributed by atoms with E-state index in [1.807, 2.05) is 24.3 Å². The summed E-state index contributed by atoms with van der Waals surface area (Å²) in [5.74, 6) is -0.283. The minimum atomic E-state index is -0.283. The average molecular weight is 231 g/mol. The average Bonchev–Trinajstić information content (AvgIpc) is 2.39. The van der Waals surface area contributed by atoms with Crippen LogP contribution >= 0.6 is 0 Å². The first-order chi connectivity index (χ1) is 8.20. The van der Waals surface area contributed by atoms with Gasteiger partial charge in [-0.1, -0.05) is 18.2 Å². The molecule has 0 aromatic heterocycles. The predicted octanol–water partition coefficient (Wildman–Crippen LogP) is 2.19. The van der Waals surface area contributed by atoms with Crippen LogP contribution in [0.4, 0.5) is 0 Å². The largest absolute Gasteiger partial charge is 0.465 e. The van der Waals surface area contributed by atoms with E-state index < -0.39 is 0 Å². The van der Waals surface area contributed by atoms with Gasteiger partial charge in [0.1, 0.15) is 0 Å². The molecule has 1 heterocycles. The molecule has 0 radical (unpaired) electrons. The number of rotatable bonds is 2. The van der Waals surface area contributed by atoms with Gasteiger partial charge >= 0.3 is 5.97 Å². The molecule has 90 valence electrons. The summed E-state index contributed by atoms with van der Waals surface area (Å²) in [4.78, 5) is 13.6. The number of ether oxygens (including phenoxy) is 1. The molecule has 0 aliphatic carbocycles. The van der Waals surface area contributed by atoms with E-state index in [9.17, 15) is 4.79 Å². The summed E-state index contributed by atoms with van der Waals surface area (Å²) in [6.07, 6.45) is 3.31. The Hall–Kier alpha value is -1.61. The first-order valence-corrected chi connectivity index (χ1v) is 5.77. The Morgan fingerprint density at radius 2 is 2.00 bits per heavy atom. The lowest BCUT2D eigenvalue weighted by Gasteiger charge is -2.22. The highest BCUT2D eigenvalue weighted by Crippen LogP contribution is 2.22. The molecule has 1 aliphatic heterocycles. The minimum Gasteiger partial charge on any atom is -0.465 e. The zero-order valence-corrected chi connectivity index (χ0v) is 10.3. The number of nitrogens with zero attached hydrogens (tertiary/aromatic N) is 1. The van der Waals surface area contributed by atoms with Crippen LogP contribution in [0.5, 0.6) is 0 Å². The fourth-order valence-corrected chi connectivity index (χ4v) is 1.97. The minimum absolute atomic E-state index is 0.283. The van der Waals surface area contributed by atoms with E-state index in [1.165, 1.54) is 18.2 Å². The molecule has 0 unspecified atom stereocenters. The zero-order chi connectivity index (χ0) is 12.3. The Morgan fingerprint density at radius 3 is 2.53 bits per heavy atom. The van der Waals surface area contributed by atoms with Crippen molar-refractivity contribution in [2.24, 2.45) is 0 Å². The molecule has 17 heavy (non-hydrogen) atoms. The van der Waals surface area contributed by atoms with Crippen LogP contribution in [0.1, 0.15) is 22.3 Å². The van der Waals surface area contributed by atoms with Gasteiger partial charge in [-0.3, -0.25) is 0 Å². The molecule has 3 nitrogen and oxygen atoms in total. The molecule has 0 bridgehead atoms. The van der Waals surface area contributed by atoms with Crippen molar-refractivity contribution in [1.82, 2.24) is 4.90 Å². The number of esters is 1. The molecule has 0 saturated heterocycles. The van der Waals surface area contributed by atoms with Gasteiger partial charge in [0.05, 0.1) is 12.7 Å². The molecule has 1 aromatic rings. The quantitative estimate of drug-likeness (QED) is 0.731. The van der Waals surface area contributed by atoms with Gasteiger partial charge in [-0.2, -0.15) is 0 Å². The second-order valence-corrected chi connectivity index (χ2v) is 4.31. The van der Waals surface area contributed by atoms with Crippen molar-refractivity contribution in [2.75, 3.05) is 27.2 Å². The molecular formula is C14H17NO2. The number of likely N-dealkylation sites (N-methyl/N-ethyl adjacent to an activating group) is 1. The lowest BCUT2D eigenvalue weighted by molar-refractivity contribution is 0.0601. The molecule has 0 atom stereocenters. The van der Waals surface area contributed by atoms with Crippen LogP contribution in [0.25, 0.3) is 5.57 Å². The highest BCUT2D eigenvalue weighted by atomic mass is 16.5. The molecule has 0 amide bonds. The number of methoxy groups -OCH3 is 1. The van der Waals surface area contributed by atoms with Crippen molar-refractivity contribution >= 4 is 11.5 Å². The summed E-state index contributed by atoms with van der Waals surface area (Å²) in [7, 11) is 3.52. The fraction of sp³-hybridized carbons (Fsp3) is 0.357. The van der Waals surface area contributed by atoms with E-state index in [0.717, 1.165) is 19.5 Å². The summed E-state index contributed by atoms with van der Waals surface area (Å²) >= 11 is 0. The maximum Gasteiger partial charge on any atom is 0.337 e. The van der Waals surface area contributed by atoms with Crippen LogP contribution in [0.3, 0.4) is 0 Å². The second kappa shape index (κ2) is 5.15. The van der Waals surface area contributed by atoms with Gasteiger partial charge in [-0.25, -0.2) is 4.79 Å². The SMILES string of the molecule is COC(=O)c1ccc(C2=CCN(C)CC2)cc1. The van der Waals surface area contributed by atoms with Crippen LogP contribution in [0.15, 0.2) is 30.3 Å². The fourth-order valence-electron chi connectivity index (χ4n) is 1.97. The highest BCUT2D eigenvalue weighted by molar-refractivity contribution is 5.89. The van der Waals surface area contributed by atoms with E-state index in [0.29, 0.717) is 5.56 Å². The van der Waals surface area contributed by atoms with Crippen molar-refractivity contribution < 1.29 is 9.53 Å². The van der Waals surface area contributed by atoms with Crippen LogP contribution in [-0.4, -0.2) is 38.1 Å². The zero-order valence-electron chi connectivity index (χ0n) is 10.3. The lowest BCUT2D eigenvalue weighted by atomic mass is 9.99. The smallest absolute Gasteiger partial charge is 0.337 e. The van der Waals surface area contributed by atoms with Crippen molar-refractivity contribution in [3.05, 3.63) is 41.5 Å². The molecule has 1 aromatic carbocycles. The Kier molecular flexibility index (Phi) is 3.59. The molecule has 3 heteroatoms. The van der Waals surface area contributed by atoms with Crippen molar-refractivity contribution in [2.45, 2.75) is 6.42 Å². The number of carbonyl (C=O) groups excluding carboxylic acids is 1. The van der Waals surface area contributed by atoms with Gasteiger partial charge < -0.3 is 9.64 Å². The van der Waals surface area contributed by atoms with Crippen LogP contribution in [-0.2, 0) is 4.74 Å². The van der Waals surface area contributed by atoms with E-state index >= 15 is 0 Å². The monoisotopic (exact) mass is 231 g/mol. The van der Waals surface area contributed by atoms with Gasteiger partial charge in [0.25, 0.3) is 0 Å². The van der Waals surface area contributed by atoms with Gasteiger partial charge in [-0.05, 0) is 36.7 Å². The Labute approximate surface area is 102 Å². The normalized spacial score (nSPS) is 16.5. The maximum absolute atomic E-state index is 11.3. The van der Waals surface area contributed by atoms with Gasteiger partial charge in [0.2, 0.25) is 0 Å². The summed E-state index contributed by atoms with van der Waals surface area (Å²) in [6.45, 7) is 2.08. The molecule has 0 spiro atoms. The van der Waals surface area contributed by atoms with E-state index in [2.05, 4.69) is 22.8 Å². The highest BCUT2D eigenvalue weighted by Gasteiger charge is 2.10. The van der Waals surface area contributed by atoms with Crippen molar-refractivity contribution in [3.63, 3.8) is 0 Å². The van der Waals surface area contributed by atoms with Crippen LogP contribution in [0, 0.1) is 0 Å². The van der Waals surface area contributed by atoms with Crippen molar-refractivity contribution in [3.8, 4) is 0 Å². The third-order valence-electron chi connectivity index (χ3n) is 3.09. The summed E-state index contributed by atoms with van der Waals surface area (Å²) in [5.41, 5.74) is 3.16. The van der Waals surface area contributed by atoms with Gasteiger partial charge in [0.15, 0.2) is 0 Å². The Bertz CT molecular complexity index is 434. The van der Waals surface area contributed by atoms with Crippen LogP contribution in [0.2, 0.25) is 0 Å². The summed E-state index contributed by atoms with van der Waals surface area (Å²) in [6, 6.07) is 7.62. The lowest BCUT2D eigenvalue weighted by Crippen LogP contribution is -2.23. The van der Waals surface area contributed by atoms with Gasteiger partial charge in [-0.15, -0.1) is 0 Å².